The number of halogens is 2. The Labute approximate surface area is 141 Å². The van der Waals surface area contributed by atoms with E-state index in [-0.39, 0.29) is 5.56 Å². The van der Waals surface area contributed by atoms with Crippen LogP contribution in [0.4, 0.5) is 4.39 Å². The molecule has 2 aromatic carbocycles. The summed E-state index contributed by atoms with van der Waals surface area (Å²) in [4.78, 5) is 12.1. The molecule has 0 saturated carbocycles. The van der Waals surface area contributed by atoms with Crippen LogP contribution in [0.1, 0.15) is 15.9 Å². The van der Waals surface area contributed by atoms with Crippen LogP contribution in [0.15, 0.2) is 46.0 Å². The van der Waals surface area contributed by atoms with Gasteiger partial charge in [0.1, 0.15) is 17.3 Å². The number of nitrogens with one attached hydrogen (secondary N) is 1. The summed E-state index contributed by atoms with van der Waals surface area (Å²) >= 11 is 3.24. The highest BCUT2D eigenvalue weighted by Gasteiger charge is 2.09. The molecular formula is C16H14BrFN2O3. The highest BCUT2D eigenvalue weighted by atomic mass is 79.9. The zero-order chi connectivity index (χ0) is 16.8. The van der Waals surface area contributed by atoms with Gasteiger partial charge < -0.3 is 9.47 Å². The molecular weight excluding hydrogens is 367 g/mol. The van der Waals surface area contributed by atoms with Crippen LogP contribution in [0.3, 0.4) is 0 Å². The van der Waals surface area contributed by atoms with Crippen LogP contribution in [0, 0.1) is 5.82 Å². The molecule has 0 aliphatic carbocycles. The molecule has 0 spiro atoms. The number of rotatable bonds is 5. The van der Waals surface area contributed by atoms with Gasteiger partial charge in [-0.2, -0.15) is 5.10 Å². The molecule has 7 heteroatoms. The zero-order valence-electron chi connectivity index (χ0n) is 12.5. The van der Waals surface area contributed by atoms with Crippen molar-refractivity contribution in [1.29, 1.82) is 0 Å². The average Bonchev–Trinajstić information content (AvgIpc) is 2.57. The monoisotopic (exact) mass is 380 g/mol. The van der Waals surface area contributed by atoms with E-state index in [0.717, 1.165) is 0 Å². The molecule has 1 amide bonds. The Balaban J connectivity index is 2.13. The van der Waals surface area contributed by atoms with Crippen LogP contribution >= 0.6 is 15.9 Å². The van der Waals surface area contributed by atoms with Gasteiger partial charge in [-0.3, -0.25) is 4.79 Å². The molecule has 2 rings (SSSR count). The summed E-state index contributed by atoms with van der Waals surface area (Å²) < 4.78 is 24.5. The van der Waals surface area contributed by atoms with Gasteiger partial charge in [-0.05, 0) is 30.3 Å². The molecule has 0 saturated heterocycles. The van der Waals surface area contributed by atoms with Gasteiger partial charge in [-0.1, -0.05) is 15.9 Å². The summed E-state index contributed by atoms with van der Waals surface area (Å²) in [5.41, 5.74) is 2.90. The number of hydrogen-bond acceptors (Lipinski definition) is 4. The maximum absolute atomic E-state index is 13.6. The molecule has 0 fully saturated rings. The summed E-state index contributed by atoms with van der Waals surface area (Å²) in [7, 11) is 2.98. The van der Waals surface area contributed by atoms with E-state index in [1.165, 1.54) is 26.5 Å². The van der Waals surface area contributed by atoms with E-state index in [4.69, 9.17) is 9.47 Å². The molecule has 0 atom stereocenters. The van der Waals surface area contributed by atoms with Gasteiger partial charge in [0, 0.05) is 21.7 Å². The fourth-order valence-electron chi connectivity index (χ4n) is 1.78. The third-order valence-electron chi connectivity index (χ3n) is 2.94. The Hall–Kier alpha value is -2.41. The molecule has 0 unspecified atom stereocenters. The normalized spacial score (nSPS) is 10.6. The predicted octanol–water partition coefficient (Wildman–Crippen LogP) is 3.37. The molecule has 0 aromatic heterocycles. The molecule has 0 bridgehead atoms. The van der Waals surface area contributed by atoms with Crippen LogP contribution in [0.25, 0.3) is 0 Å². The minimum Gasteiger partial charge on any atom is -0.497 e. The summed E-state index contributed by atoms with van der Waals surface area (Å²) in [5, 5.41) is 3.76. The Morgan fingerprint density at radius 1 is 1.17 bits per heavy atom. The quantitative estimate of drug-likeness (QED) is 0.638. The minimum atomic E-state index is -0.464. The number of nitrogens with zero attached hydrogens (tertiary/aromatic N) is 1. The van der Waals surface area contributed by atoms with E-state index in [1.54, 1.807) is 30.3 Å². The maximum Gasteiger partial charge on any atom is 0.271 e. The SMILES string of the molecule is COc1cc(OC)cc(C(=O)N/N=C/c2cc(Br)ccc2F)c1. The van der Waals surface area contributed by atoms with Gasteiger partial charge in [0.2, 0.25) is 0 Å². The molecule has 1 N–H and O–H groups in total. The van der Waals surface area contributed by atoms with Gasteiger partial charge in [0.05, 0.1) is 20.4 Å². The lowest BCUT2D eigenvalue weighted by molar-refractivity contribution is 0.0954. The van der Waals surface area contributed by atoms with Crippen molar-refractivity contribution in [2.75, 3.05) is 14.2 Å². The first-order valence-electron chi connectivity index (χ1n) is 6.55. The summed E-state index contributed by atoms with van der Waals surface area (Å²) in [6, 6.07) is 9.19. The van der Waals surface area contributed by atoms with Gasteiger partial charge in [-0.15, -0.1) is 0 Å². The summed E-state index contributed by atoms with van der Waals surface area (Å²) in [6.07, 6.45) is 1.23. The van der Waals surface area contributed by atoms with E-state index in [0.29, 0.717) is 21.5 Å². The Morgan fingerprint density at radius 2 is 1.83 bits per heavy atom. The molecule has 0 radical (unpaired) electrons. The number of ether oxygens (including phenoxy) is 2. The zero-order valence-corrected chi connectivity index (χ0v) is 14.1. The number of amides is 1. The van der Waals surface area contributed by atoms with Gasteiger partial charge in [-0.25, -0.2) is 9.82 Å². The second-order valence-corrected chi connectivity index (χ2v) is 5.38. The van der Waals surface area contributed by atoms with Crippen molar-refractivity contribution in [2.24, 2.45) is 5.10 Å². The van der Waals surface area contributed by atoms with Crippen molar-refractivity contribution in [1.82, 2.24) is 5.43 Å². The van der Waals surface area contributed by atoms with Crippen molar-refractivity contribution < 1.29 is 18.7 Å². The smallest absolute Gasteiger partial charge is 0.271 e. The third kappa shape index (κ3) is 4.53. The number of carbonyl (C=O) groups is 1. The fraction of sp³-hybridized carbons (Fsp3) is 0.125. The van der Waals surface area contributed by atoms with E-state index >= 15 is 0 Å². The number of carbonyl (C=O) groups excluding carboxylic acids is 1. The Morgan fingerprint density at radius 3 is 2.43 bits per heavy atom. The largest absolute Gasteiger partial charge is 0.497 e. The average molecular weight is 381 g/mol. The molecule has 2 aromatic rings. The molecule has 5 nitrogen and oxygen atoms in total. The maximum atomic E-state index is 13.6. The standard InChI is InChI=1S/C16H14BrFN2O3/c1-22-13-6-10(7-14(8-13)23-2)16(21)20-19-9-11-5-12(17)3-4-15(11)18/h3-9H,1-2H3,(H,20,21)/b19-9+. The van der Waals surface area contributed by atoms with Gasteiger partial charge >= 0.3 is 0 Å². The fourth-order valence-corrected chi connectivity index (χ4v) is 2.16. The molecule has 0 aliphatic rings. The van der Waals surface area contributed by atoms with Crippen LogP contribution in [-0.2, 0) is 0 Å². The predicted molar refractivity (Wildman–Crippen MR) is 88.7 cm³/mol. The van der Waals surface area contributed by atoms with Gasteiger partial charge in [0.15, 0.2) is 0 Å². The number of methoxy groups -OCH3 is 2. The highest BCUT2D eigenvalue weighted by molar-refractivity contribution is 9.10. The molecule has 0 heterocycles. The third-order valence-corrected chi connectivity index (χ3v) is 3.43. The van der Waals surface area contributed by atoms with Crippen LogP contribution in [-0.4, -0.2) is 26.3 Å². The van der Waals surface area contributed by atoms with Crippen molar-refractivity contribution in [3.05, 3.63) is 57.8 Å². The van der Waals surface area contributed by atoms with E-state index in [2.05, 4.69) is 26.5 Å². The number of hydrogen-bond donors (Lipinski definition) is 1. The Kier molecular flexibility index (Phi) is 5.70. The molecule has 23 heavy (non-hydrogen) atoms. The second-order valence-electron chi connectivity index (χ2n) is 4.47. The van der Waals surface area contributed by atoms with Gasteiger partial charge in [0.25, 0.3) is 5.91 Å². The lowest BCUT2D eigenvalue weighted by atomic mass is 10.2. The van der Waals surface area contributed by atoms with Crippen molar-refractivity contribution >= 4 is 28.1 Å². The summed E-state index contributed by atoms with van der Waals surface area (Å²) in [6.45, 7) is 0. The molecule has 0 aliphatic heterocycles. The molecule has 120 valence electrons. The van der Waals surface area contributed by atoms with E-state index < -0.39 is 11.7 Å². The highest BCUT2D eigenvalue weighted by Crippen LogP contribution is 2.22. The first-order valence-corrected chi connectivity index (χ1v) is 7.34. The topological polar surface area (TPSA) is 59.9 Å². The summed E-state index contributed by atoms with van der Waals surface area (Å²) in [5.74, 6) is 0.0659. The number of hydrazone groups is 1. The first kappa shape index (κ1) is 17.0. The Bertz CT molecular complexity index is 728. The van der Waals surface area contributed by atoms with Crippen LogP contribution in [0.2, 0.25) is 0 Å². The second kappa shape index (κ2) is 7.73. The van der Waals surface area contributed by atoms with Crippen LogP contribution in [0.5, 0.6) is 11.5 Å². The number of benzene rings is 2. The van der Waals surface area contributed by atoms with Crippen molar-refractivity contribution in [2.45, 2.75) is 0 Å². The lowest BCUT2D eigenvalue weighted by Crippen LogP contribution is -2.17. The van der Waals surface area contributed by atoms with E-state index in [1.807, 2.05) is 0 Å². The van der Waals surface area contributed by atoms with Crippen molar-refractivity contribution in [3.8, 4) is 11.5 Å². The van der Waals surface area contributed by atoms with Crippen molar-refractivity contribution in [3.63, 3.8) is 0 Å². The first-order chi connectivity index (χ1) is 11.0. The van der Waals surface area contributed by atoms with Crippen LogP contribution < -0.4 is 14.9 Å². The van der Waals surface area contributed by atoms with E-state index in [9.17, 15) is 9.18 Å². The minimum absolute atomic E-state index is 0.253. The lowest BCUT2D eigenvalue weighted by Gasteiger charge is -2.07.